The van der Waals surface area contributed by atoms with Crippen LogP contribution in [0.3, 0.4) is 0 Å². The second kappa shape index (κ2) is 3.66. The van der Waals surface area contributed by atoms with Crippen LogP contribution in [0.4, 0.5) is 0 Å². The van der Waals surface area contributed by atoms with E-state index >= 15 is 0 Å². The van der Waals surface area contributed by atoms with E-state index in [2.05, 4.69) is 10.2 Å². The van der Waals surface area contributed by atoms with Gasteiger partial charge in [-0.05, 0) is 6.92 Å². The molecule has 0 radical (unpaired) electrons. The SMILES string of the molecule is CC(C(N)c1nncn1C)S(C)(=O)=O. The van der Waals surface area contributed by atoms with Crippen molar-refractivity contribution in [3.05, 3.63) is 12.2 Å². The first kappa shape index (κ1) is 11.1. The highest BCUT2D eigenvalue weighted by molar-refractivity contribution is 7.91. The molecule has 2 unspecified atom stereocenters. The summed E-state index contributed by atoms with van der Waals surface area (Å²) in [6.07, 6.45) is 2.65. The molecule has 2 N–H and O–H groups in total. The van der Waals surface area contributed by atoms with Gasteiger partial charge in [-0.2, -0.15) is 0 Å². The second-order valence-corrected chi connectivity index (χ2v) is 5.76. The Kier molecular flexibility index (Phi) is 2.91. The standard InChI is InChI=1S/C7H14N4O2S/c1-5(14(3,12)13)6(8)7-10-9-4-11(7)2/h4-6H,8H2,1-3H3. The van der Waals surface area contributed by atoms with E-state index in [1.807, 2.05) is 0 Å². The fourth-order valence-electron chi connectivity index (χ4n) is 1.07. The lowest BCUT2D eigenvalue weighted by Gasteiger charge is -2.16. The van der Waals surface area contributed by atoms with Crippen LogP contribution in [0.15, 0.2) is 6.33 Å². The highest BCUT2D eigenvalue weighted by atomic mass is 32.2. The largest absolute Gasteiger partial charge is 0.320 e. The highest BCUT2D eigenvalue weighted by Crippen LogP contribution is 2.15. The van der Waals surface area contributed by atoms with E-state index in [-0.39, 0.29) is 0 Å². The van der Waals surface area contributed by atoms with Gasteiger partial charge < -0.3 is 10.3 Å². The van der Waals surface area contributed by atoms with Gasteiger partial charge in [0, 0.05) is 13.3 Å². The van der Waals surface area contributed by atoms with Crippen LogP contribution in [0.25, 0.3) is 0 Å². The molecule has 0 aliphatic rings. The number of hydrogen-bond acceptors (Lipinski definition) is 5. The molecule has 2 atom stereocenters. The van der Waals surface area contributed by atoms with E-state index in [1.54, 1.807) is 18.5 Å². The summed E-state index contributed by atoms with van der Waals surface area (Å²) < 4.78 is 24.1. The van der Waals surface area contributed by atoms with Gasteiger partial charge in [0.1, 0.15) is 6.33 Å². The summed E-state index contributed by atoms with van der Waals surface area (Å²) in [5, 5.41) is 6.76. The molecule has 0 amide bonds. The van der Waals surface area contributed by atoms with Gasteiger partial charge in [-0.1, -0.05) is 0 Å². The van der Waals surface area contributed by atoms with Crippen molar-refractivity contribution in [3.63, 3.8) is 0 Å². The molecule has 6 nitrogen and oxygen atoms in total. The number of aromatic nitrogens is 3. The third kappa shape index (κ3) is 2.10. The van der Waals surface area contributed by atoms with Crippen molar-refractivity contribution in [2.75, 3.05) is 6.26 Å². The molecule has 14 heavy (non-hydrogen) atoms. The summed E-state index contributed by atoms with van der Waals surface area (Å²) in [4.78, 5) is 0. The van der Waals surface area contributed by atoms with E-state index in [1.165, 1.54) is 6.33 Å². The fourth-order valence-corrected chi connectivity index (χ4v) is 1.72. The number of nitrogens with zero attached hydrogens (tertiary/aromatic N) is 3. The maximum atomic E-state index is 11.2. The van der Waals surface area contributed by atoms with Crippen molar-refractivity contribution in [1.29, 1.82) is 0 Å². The predicted octanol–water partition coefficient (Wildman–Crippen LogP) is -0.752. The first-order valence-corrected chi connectivity index (χ1v) is 6.08. The molecule has 0 aromatic carbocycles. The summed E-state index contributed by atoms with van der Waals surface area (Å²) in [6.45, 7) is 1.56. The zero-order valence-electron chi connectivity index (χ0n) is 8.38. The summed E-state index contributed by atoms with van der Waals surface area (Å²) >= 11 is 0. The molecular weight excluding hydrogens is 204 g/mol. The molecule has 1 aromatic rings. The normalized spacial score (nSPS) is 16.6. The molecular formula is C7H14N4O2S. The Labute approximate surface area is 83.0 Å². The molecule has 1 rings (SSSR count). The van der Waals surface area contributed by atoms with Gasteiger partial charge in [0.05, 0.1) is 11.3 Å². The molecule has 1 heterocycles. The smallest absolute Gasteiger partial charge is 0.152 e. The van der Waals surface area contributed by atoms with E-state index in [9.17, 15) is 8.42 Å². The highest BCUT2D eigenvalue weighted by Gasteiger charge is 2.27. The van der Waals surface area contributed by atoms with Crippen LogP contribution >= 0.6 is 0 Å². The van der Waals surface area contributed by atoms with E-state index < -0.39 is 21.1 Å². The maximum Gasteiger partial charge on any atom is 0.152 e. The van der Waals surface area contributed by atoms with Crippen molar-refractivity contribution >= 4 is 9.84 Å². The molecule has 0 aliphatic carbocycles. The molecule has 7 heteroatoms. The van der Waals surface area contributed by atoms with Crippen molar-refractivity contribution < 1.29 is 8.42 Å². The monoisotopic (exact) mass is 218 g/mol. The number of hydrogen-bond donors (Lipinski definition) is 1. The van der Waals surface area contributed by atoms with Crippen molar-refractivity contribution in [2.45, 2.75) is 18.2 Å². The Morgan fingerprint density at radius 3 is 2.50 bits per heavy atom. The van der Waals surface area contributed by atoms with Crippen molar-refractivity contribution in [3.8, 4) is 0 Å². The number of sulfone groups is 1. The van der Waals surface area contributed by atoms with Crippen molar-refractivity contribution in [2.24, 2.45) is 12.8 Å². The molecule has 0 saturated heterocycles. The van der Waals surface area contributed by atoms with Crippen LogP contribution in [-0.2, 0) is 16.9 Å². The fraction of sp³-hybridized carbons (Fsp3) is 0.714. The molecule has 0 fully saturated rings. The minimum Gasteiger partial charge on any atom is -0.320 e. The Bertz CT molecular complexity index is 411. The third-order valence-electron chi connectivity index (χ3n) is 2.23. The lowest BCUT2D eigenvalue weighted by atomic mass is 10.2. The molecule has 1 aromatic heterocycles. The summed E-state index contributed by atoms with van der Waals surface area (Å²) in [5.41, 5.74) is 5.77. The van der Waals surface area contributed by atoms with Gasteiger partial charge in [0.15, 0.2) is 15.7 Å². The topological polar surface area (TPSA) is 90.9 Å². The number of rotatable bonds is 3. The minimum atomic E-state index is -3.15. The first-order valence-electron chi connectivity index (χ1n) is 4.12. The van der Waals surface area contributed by atoms with Crippen LogP contribution < -0.4 is 5.73 Å². The average molecular weight is 218 g/mol. The molecule has 0 bridgehead atoms. The van der Waals surface area contributed by atoms with Gasteiger partial charge in [-0.25, -0.2) is 8.42 Å². The van der Waals surface area contributed by atoms with Gasteiger partial charge in [-0.15, -0.1) is 10.2 Å². The maximum absolute atomic E-state index is 11.2. The number of aryl methyl sites for hydroxylation is 1. The summed E-state index contributed by atoms with van der Waals surface area (Å²) in [7, 11) is -1.42. The second-order valence-electron chi connectivity index (χ2n) is 3.36. The lowest BCUT2D eigenvalue weighted by molar-refractivity contribution is 0.554. The van der Waals surface area contributed by atoms with Crippen molar-refractivity contribution in [1.82, 2.24) is 14.8 Å². The van der Waals surface area contributed by atoms with Crippen LogP contribution in [0.2, 0.25) is 0 Å². The quantitative estimate of drug-likeness (QED) is 0.720. The van der Waals surface area contributed by atoms with Crippen LogP contribution in [0.5, 0.6) is 0 Å². The van der Waals surface area contributed by atoms with Crippen LogP contribution in [0, 0.1) is 0 Å². The molecule has 0 spiro atoms. The zero-order valence-corrected chi connectivity index (χ0v) is 9.19. The van der Waals surface area contributed by atoms with E-state index in [0.717, 1.165) is 6.26 Å². The predicted molar refractivity (Wildman–Crippen MR) is 52.2 cm³/mol. The molecule has 80 valence electrons. The molecule has 0 saturated carbocycles. The van der Waals surface area contributed by atoms with Gasteiger partial charge in [0.25, 0.3) is 0 Å². The molecule has 0 aliphatic heterocycles. The lowest BCUT2D eigenvalue weighted by Crippen LogP contribution is -2.32. The minimum absolute atomic E-state index is 0.475. The van der Waals surface area contributed by atoms with Gasteiger partial charge in [-0.3, -0.25) is 0 Å². The Morgan fingerprint density at radius 1 is 1.57 bits per heavy atom. The number of nitrogens with two attached hydrogens (primary N) is 1. The first-order chi connectivity index (χ1) is 6.34. The van der Waals surface area contributed by atoms with Gasteiger partial charge >= 0.3 is 0 Å². The summed E-state index contributed by atoms with van der Waals surface area (Å²) in [5.74, 6) is 0.475. The van der Waals surface area contributed by atoms with E-state index in [4.69, 9.17) is 5.73 Å². The Morgan fingerprint density at radius 2 is 2.14 bits per heavy atom. The zero-order chi connectivity index (χ0) is 10.9. The van der Waals surface area contributed by atoms with Crippen LogP contribution in [-0.4, -0.2) is 34.7 Å². The Hall–Kier alpha value is -0.950. The Balaban J connectivity index is 2.97. The average Bonchev–Trinajstić information content (AvgIpc) is 2.47. The van der Waals surface area contributed by atoms with E-state index in [0.29, 0.717) is 5.82 Å². The van der Waals surface area contributed by atoms with Gasteiger partial charge in [0.2, 0.25) is 0 Å². The summed E-state index contributed by atoms with van der Waals surface area (Å²) in [6, 6.07) is -0.641. The van der Waals surface area contributed by atoms with Crippen LogP contribution in [0.1, 0.15) is 18.8 Å². The third-order valence-corrected chi connectivity index (χ3v) is 3.87.